The summed E-state index contributed by atoms with van der Waals surface area (Å²) in [6.07, 6.45) is 13.5. The van der Waals surface area contributed by atoms with Crippen LogP contribution in [-0.4, -0.2) is 0 Å². The maximum absolute atomic E-state index is 14.6. The second kappa shape index (κ2) is 7.59. The van der Waals surface area contributed by atoms with Crippen molar-refractivity contribution in [2.45, 2.75) is 77.0 Å². The monoisotopic (exact) mass is 318 g/mol. The third-order valence-corrected chi connectivity index (χ3v) is 5.72. The van der Waals surface area contributed by atoms with Gasteiger partial charge < -0.3 is 0 Å². The molecule has 0 unspecified atom stereocenters. The van der Waals surface area contributed by atoms with Gasteiger partial charge in [-0.3, -0.25) is 0 Å². The molecular formula is C21H28F2. The summed E-state index contributed by atoms with van der Waals surface area (Å²) in [5, 5.41) is 0. The summed E-state index contributed by atoms with van der Waals surface area (Å²) < 4.78 is 28.5. The molecule has 2 aliphatic carbocycles. The first kappa shape index (κ1) is 16.7. The van der Waals surface area contributed by atoms with Gasteiger partial charge in [-0.25, -0.2) is 8.78 Å². The van der Waals surface area contributed by atoms with Crippen LogP contribution < -0.4 is 0 Å². The molecule has 0 radical (unpaired) electrons. The molecule has 3 rings (SSSR count). The molecule has 0 nitrogen and oxygen atoms in total. The first-order chi connectivity index (χ1) is 11.2. The van der Waals surface area contributed by atoms with Gasteiger partial charge in [0.25, 0.3) is 0 Å². The van der Waals surface area contributed by atoms with Gasteiger partial charge in [0.1, 0.15) is 0 Å². The van der Waals surface area contributed by atoms with Crippen molar-refractivity contribution >= 4 is 5.57 Å². The SMILES string of the molecule is CCCC1CCC(c2c(C3=CCCCC3)ccc(F)c2F)CC1. The van der Waals surface area contributed by atoms with E-state index in [4.69, 9.17) is 0 Å². The lowest BCUT2D eigenvalue weighted by Crippen LogP contribution is -2.16. The summed E-state index contributed by atoms with van der Waals surface area (Å²) in [5.41, 5.74) is 2.90. The van der Waals surface area contributed by atoms with E-state index in [1.807, 2.05) is 6.07 Å². The number of hydrogen-bond acceptors (Lipinski definition) is 0. The topological polar surface area (TPSA) is 0 Å². The molecule has 1 fully saturated rings. The van der Waals surface area contributed by atoms with Crippen molar-refractivity contribution < 1.29 is 8.78 Å². The summed E-state index contributed by atoms with van der Waals surface area (Å²) in [5.74, 6) is -0.300. The zero-order valence-electron chi connectivity index (χ0n) is 14.2. The summed E-state index contributed by atoms with van der Waals surface area (Å²) in [6.45, 7) is 2.23. The fourth-order valence-electron chi connectivity index (χ4n) is 4.48. The second-order valence-corrected chi connectivity index (χ2v) is 7.30. The lowest BCUT2D eigenvalue weighted by atomic mass is 9.74. The van der Waals surface area contributed by atoms with Gasteiger partial charge in [-0.15, -0.1) is 0 Å². The Labute approximate surface area is 139 Å². The van der Waals surface area contributed by atoms with Crippen LogP contribution in [0.2, 0.25) is 0 Å². The minimum atomic E-state index is -0.684. The standard InChI is InChI=1S/C21H28F2/c1-2-6-15-9-11-17(12-10-15)20-18(13-14-19(22)21(20)23)16-7-4-3-5-8-16/h7,13-15,17H,2-6,8-12H2,1H3. The second-order valence-electron chi connectivity index (χ2n) is 7.30. The molecule has 0 N–H and O–H groups in total. The molecule has 0 heterocycles. The van der Waals surface area contributed by atoms with Crippen LogP contribution in [0.15, 0.2) is 18.2 Å². The molecule has 0 atom stereocenters. The maximum atomic E-state index is 14.6. The molecule has 0 spiro atoms. The van der Waals surface area contributed by atoms with Crippen LogP contribution in [0.1, 0.15) is 88.2 Å². The summed E-state index contributed by atoms with van der Waals surface area (Å²) in [7, 11) is 0. The first-order valence-electron chi connectivity index (χ1n) is 9.38. The van der Waals surface area contributed by atoms with Gasteiger partial charge in [-0.2, -0.15) is 0 Å². The summed E-state index contributed by atoms with van der Waals surface area (Å²) in [6, 6.07) is 3.13. The van der Waals surface area contributed by atoms with Gasteiger partial charge in [-0.05, 0) is 80.4 Å². The van der Waals surface area contributed by atoms with E-state index < -0.39 is 11.6 Å². The zero-order chi connectivity index (χ0) is 16.2. The smallest absolute Gasteiger partial charge is 0.162 e. The molecule has 1 aromatic carbocycles. The molecule has 126 valence electrons. The van der Waals surface area contributed by atoms with Crippen LogP contribution >= 0.6 is 0 Å². The molecule has 0 bridgehead atoms. The number of benzene rings is 1. The van der Waals surface area contributed by atoms with Gasteiger partial charge in [0.2, 0.25) is 0 Å². The lowest BCUT2D eigenvalue weighted by Gasteiger charge is -2.31. The maximum Gasteiger partial charge on any atom is 0.162 e. The predicted octanol–water partition coefficient (Wildman–Crippen LogP) is 7.00. The Morgan fingerprint density at radius 3 is 2.48 bits per heavy atom. The van der Waals surface area contributed by atoms with E-state index in [0.717, 1.165) is 56.4 Å². The third kappa shape index (κ3) is 3.67. The van der Waals surface area contributed by atoms with Crippen molar-refractivity contribution in [2.75, 3.05) is 0 Å². The number of hydrogen-bond donors (Lipinski definition) is 0. The average molecular weight is 318 g/mol. The molecule has 2 heteroatoms. The molecule has 0 aromatic heterocycles. The number of allylic oxidation sites excluding steroid dienone is 2. The minimum Gasteiger partial charge on any atom is -0.204 e. The molecule has 1 aromatic rings. The molecule has 23 heavy (non-hydrogen) atoms. The minimum absolute atomic E-state index is 0.191. The van der Waals surface area contributed by atoms with E-state index in [1.54, 1.807) is 0 Å². The van der Waals surface area contributed by atoms with E-state index in [1.165, 1.54) is 30.9 Å². The molecule has 2 aliphatic rings. The van der Waals surface area contributed by atoms with Crippen LogP contribution in [0.25, 0.3) is 5.57 Å². The van der Waals surface area contributed by atoms with Crippen LogP contribution in [0.5, 0.6) is 0 Å². The Morgan fingerprint density at radius 2 is 1.83 bits per heavy atom. The fourth-order valence-corrected chi connectivity index (χ4v) is 4.48. The van der Waals surface area contributed by atoms with Crippen molar-refractivity contribution in [2.24, 2.45) is 5.92 Å². The predicted molar refractivity (Wildman–Crippen MR) is 92.4 cm³/mol. The van der Waals surface area contributed by atoms with E-state index in [0.29, 0.717) is 5.56 Å². The Balaban J connectivity index is 1.88. The van der Waals surface area contributed by atoms with Gasteiger partial charge in [0.15, 0.2) is 11.6 Å². The highest BCUT2D eigenvalue weighted by atomic mass is 19.2. The highest BCUT2D eigenvalue weighted by molar-refractivity contribution is 5.69. The Kier molecular flexibility index (Phi) is 5.50. The number of rotatable bonds is 4. The van der Waals surface area contributed by atoms with Crippen LogP contribution in [-0.2, 0) is 0 Å². The molecule has 0 aliphatic heterocycles. The van der Waals surface area contributed by atoms with Crippen molar-refractivity contribution in [3.63, 3.8) is 0 Å². The third-order valence-electron chi connectivity index (χ3n) is 5.72. The normalized spacial score (nSPS) is 25.3. The summed E-state index contributed by atoms with van der Waals surface area (Å²) in [4.78, 5) is 0. The van der Waals surface area contributed by atoms with E-state index in [2.05, 4.69) is 13.0 Å². The van der Waals surface area contributed by atoms with Gasteiger partial charge in [-0.1, -0.05) is 31.9 Å². The Bertz CT molecular complexity index is 565. The van der Waals surface area contributed by atoms with Crippen molar-refractivity contribution in [1.29, 1.82) is 0 Å². The molecule has 0 saturated heterocycles. The highest BCUT2D eigenvalue weighted by Gasteiger charge is 2.28. The van der Waals surface area contributed by atoms with Crippen LogP contribution in [0.3, 0.4) is 0 Å². The fraction of sp³-hybridized carbons (Fsp3) is 0.619. The summed E-state index contributed by atoms with van der Waals surface area (Å²) >= 11 is 0. The van der Waals surface area contributed by atoms with Crippen LogP contribution in [0, 0.1) is 17.6 Å². The van der Waals surface area contributed by atoms with Gasteiger partial charge in [0, 0.05) is 5.56 Å². The van der Waals surface area contributed by atoms with Crippen LogP contribution in [0.4, 0.5) is 8.78 Å². The quantitative estimate of drug-likeness (QED) is 0.561. The van der Waals surface area contributed by atoms with Crippen molar-refractivity contribution in [3.8, 4) is 0 Å². The van der Waals surface area contributed by atoms with Crippen molar-refractivity contribution in [3.05, 3.63) is 41.0 Å². The molecular weight excluding hydrogens is 290 g/mol. The average Bonchev–Trinajstić information content (AvgIpc) is 2.59. The van der Waals surface area contributed by atoms with E-state index >= 15 is 0 Å². The zero-order valence-corrected chi connectivity index (χ0v) is 14.2. The number of halogens is 2. The van der Waals surface area contributed by atoms with E-state index in [9.17, 15) is 8.78 Å². The molecule has 0 amide bonds. The Hall–Kier alpha value is -1.18. The first-order valence-corrected chi connectivity index (χ1v) is 9.38. The largest absolute Gasteiger partial charge is 0.204 e. The van der Waals surface area contributed by atoms with E-state index in [-0.39, 0.29) is 5.92 Å². The van der Waals surface area contributed by atoms with Gasteiger partial charge >= 0.3 is 0 Å². The van der Waals surface area contributed by atoms with Gasteiger partial charge in [0.05, 0.1) is 0 Å². The Morgan fingerprint density at radius 1 is 1.04 bits per heavy atom. The lowest BCUT2D eigenvalue weighted by molar-refractivity contribution is 0.302. The molecule has 1 saturated carbocycles. The van der Waals surface area contributed by atoms with Crippen molar-refractivity contribution in [1.82, 2.24) is 0 Å². The highest BCUT2D eigenvalue weighted by Crippen LogP contribution is 2.42.